The molecule has 2 N–H and O–H groups in total. The fraction of sp³-hybridized carbons (Fsp3) is 0.571. The molecule has 1 aromatic rings. The summed E-state index contributed by atoms with van der Waals surface area (Å²) in [5, 5.41) is 0.681. The molecular formula is C14H22ClNO. The van der Waals surface area contributed by atoms with Crippen LogP contribution in [0.1, 0.15) is 25.8 Å². The second kappa shape index (κ2) is 6.87. The molecule has 1 rings (SSSR count). The van der Waals surface area contributed by atoms with E-state index in [1.807, 2.05) is 12.1 Å². The van der Waals surface area contributed by atoms with E-state index in [1.165, 1.54) is 5.56 Å². The zero-order chi connectivity index (χ0) is 12.8. The number of hydrogen-bond donors (Lipinski definition) is 1. The summed E-state index contributed by atoms with van der Waals surface area (Å²) in [6, 6.07) is 6.00. The van der Waals surface area contributed by atoms with Gasteiger partial charge in [-0.15, -0.1) is 0 Å². The molecule has 1 unspecified atom stereocenters. The Labute approximate surface area is 109 Å². The Kier molecular flexibility index (Phi) is 5.79. The summed E-state index contributed by atoms with van der Waals surface area (Å²) in [6.45, 7) is 5.23. The molecule has 0 aliphatic heterocycles. The third-order valence-corrected chi connectivity index (χ3v) is 3.49. The minimum absolute atomic E-state index is 0.615. The average Bonchev–Trinajstić information content (AvgIpc) is 2.28. The van der Waals surface area contributed by atoms with E-state index in [9.17, 15) is 0 Å². The van der Waals surface area contributed by atoms with Crippen LogP contribution in [-0.4, -0.2) is 13.7 Å². The number of rotatable bonds is 6. The largest absolute Gasteiger partial charge is 0.495 e. The molecule has 0 bridgehead atoms. The van der Waals surface area contributed by atoms with Crippen LogP contribution >= 0.6 is 11.6 Å². The summed E-state index contributed by atoms with van der Waals surface area (Å²) in [5.41, 5.74) is 6.90. The van der Waals surface area contributed by atoms with E-state index in [4.69, 9.17) is 22.1 Å². The summed E-state index contributed by atoms with van der Waals surface area (Å²) >= 11 is 6.12. The fourth-order valence-electron chi connectivity index (χ4n) is 2.02. The quantitative estimate of drug-likeness (QED) is 0.844. The molecule has 3 heteroatoms. The molecule has 1 aromatic carbocycles. The van der Waals surface area contributed by atoms with Crippen molar-refractivity contribution >= 4 is 11.6 Å². The van der Waals surface area contributed by atoms with Crippen LogP contribution in [0.15, 0.2) is 18.2 Å². The second-order valence-corrected chi connectivity index (χ2v) is 5.16. The molecule has 2 nitrogen and oxygen atoms in total. The van der Waals surface area contributed by atoms with Gasteiger partial charge < -0.3 is 10.5 Å². The van der Waals surface area contributed by atoms with Gasteiger partial charge in [-0.3, -0.25) is 0 Å². The maximum absolute atomic E-state index is 6.12. The lowest BCUT2D eigenvalue weighted by molar-refractivity contribution is 0.362. The highest BCUT2D eigenvalue weighted by Gasteiger charge is 2.14. The first-order valence-corrected chi connectivity index (χ1v) is 6.48. The van der Waals surface area contributed by atoms with Crippen LogP contribution in [0.2, 0.25) is 5.02 Å². The normalized spacial score (nSPS) is 12.8. The number of benzene rings is 1. The van der Waals surface area contributed by atoms with E-state index in [-0.39, 0.29) is 0 Å². The minimum atomic E-state index is 0.615. The van der Waals surface area contributed by atoms with E-state index in [0.29, 0.717) is 16.9 Å². The highest BCUT2D eigenvalue weighted by Crippen LogP contribution is 2.28. The summed E-state index contributed by atoms with van der Waals surface area (Å²) in [5.74, 6) is 1.99. The van der Waals surface area contributed by atoms with Crippen molar-refractivity contribution in [2.24, 2.45) is 17.6 Å². The zero-order valence-corrected chi connectivity index (χ0v) is 11.6. The van der Waals surface area contributed by atoms with Gasteiger partial charge in [-0.2, -0.15) is 0 Å². The smallest absolute Gasteiger partial charge is 0.137 e. The number of nitrogens with two attached hydrogens (primary N) is 1. The first-order chi connectivity index (χ1) is 8.08. The van der Waals surface area contributed by atoms with Crippen LogP contribution in [-0.2, 0) is 6.42 Å². The molecule has 0 amide bonds. The number of ether oxygens (including phenoxy) is 1. The molecule has 0 fully saturated rings. The molecule has 0 aromatic heterocycles. The SMILES string of the molecule is COc1ccc(CC(CCN)C(C)C)cc1Cl. The lowest BCUT2D eigenvalue weighted by atomic mass is 9.86. The monoisotopic (exact) mass is 255 g/mol. The summed E-state index contributed by atoms with van der Waals surface area (Å²) in [6.07, 6.45) is 2.08. The van der Waals surface area contributed by atoms with E-state index < -0.39 is 0 Å². The van der Waals surface area contributed by atoms with Crippen molar-refractivity contribution in [1.29, 1.82) is 0 Å². The number of halogens is 1. The Hall–Kier alpha value is -0.730. The van der Waals surface area contributed by atoms with Crippen LogP contribution in [0.5, 0.6) is 5.75 Å². The molecule has 0 radical (unpaired) electrons. The van der Waals surface area contributed by atoms with E-state index in [1.54, 1.807) is 7.11 Å². The standard InChI is InChI=1S/C14H22ClNO/c1-10(2)12(6-7-16)8-11-4-5-14(17-3)13(15)9-11/h4-5,9-10,12H,6-8,16H2,1-3H3. The zero-order valence-electron chi connectivity index (χ0n) is 10.9. The molecule has 17 heavy (non-hydrogen) atoms. The average molecular weight is 256 g/mol. The maximum Gasteiger partial charge on any atom is 0.137 e. The second-order valence-electron chi connectivity index (χ2n) is 4.75. The van der Waals surface area contributed by atoms with Crippen LogP contribution in [0.25, 0.3) is 0 Å². The van der Waals surface area contributed by atoms with Crippen LogP contribution < -0.4 is 10.5 Å². The van der Waals surface area contributed by atoms with Crippen molar-refractivity contribution in [3.8, 4) is 5.75 Å². The van der Waals surface area contributed by atoms with E-state index in [0.717, 1.165) is 25.1 Å². The molecule has 0 saturated carbocycles. The molecule has 96 valence electrons. The molecule has 0 heterocycles. The lowest BCUT2D eigenvalue weighted by Gasteiger charge is -2.20. The van der Waals surface area contributed by atoms with Crippen molar-refractivity contribution in [1.82, 2.24) is 0 Å². The third kappa shape index (κ3) is 4.21. The Balaban J connectivity index is 2.76. The van der Waals surface area contributed by atoms with Crippen LogP contribution in [0, 0.1) is 11.8 Å². The summed E-state index contributed by atoms with van der Waals surface area (Å²) in [7, 11) is 1.63. The molecule has 0 aliphatic rings. The first-order valence-electron chi connectivity index (χ1n) is 6.11. The highest BCUT2D eigenvalue weighted by atomic mass is 35.5. The fourth-order valence-corrected chi connectivity index (χ4v) is 2.31. The van der Waals surface area contributed by atoms with E-state index in [2.05, 4.69) is 19.9 Å². The summed E-state index contributed by atoms with van der Waals surface area (Å²) in [4.78, 5) is 0. The van der Waals surface area contributed by atoms with Gasteiger partial charge in [0.1, 0.15) is 5.75 Å². The van der Waals surface area contributed by atoms with Gasteiger partial charge in [0, 0.05) is 0 Å². The van der Waals surface area contributed by atoms with Crippen molar-refractivity contribution < 1.29 is 4.74 Å². The Morgan fingerprint density at radius 2 is 2.06 bits per heavy atom. The topological polar surface area (TPSA) is 35.2 Å². The third-order valence-electron chi connectivity index (χ3n) is 3.19. The molecule has 0 aliphatic carbocycles. The van der Waals surface area contributed by atoms with Crippen molar-refractivity contribution in [3.63, 3.8) is 0 Å². The van der Waals surface area contributed by atoms with Gasteiger partial charge >= 0.3 is 0 Å². The lowest BCUT2D eigenvalue weighted by Crippen LogP contribution is -2.16. The number of methoxy groups -OCH3 is 1. The molecule has 0 saturated heterocycles. The van der Waals surface area contributed by atoms with Crippen molar-refractivity contribution in [2.45, 2.75) is 26.7 Å². The Morgan fingerprint density at radius 3 is 2.53 bits per heavy atom. The van der Waals surface area contributed by atoms with Gasteiger partial charge in [-0.25, -0.2) is 0 Å². The molecular weight excluding hydrogens is 234 g/mol. The van der Waals surface area contributed by atoms with Gasteiger partial charge in [-0.1, -0.05) is 31.5 Å². The van der Waals surface area contributed by atoms with Gasteiger partial charge in [0.05, 0.1) is 12.1 Å². The van der Waals surface area contributed by atoms with Gasteiger partial charge in [-0.05, 0) is 48.9 Å². The van der Waals surface area contributed by atoms with Crippen molar-refractivity contribution in [2.75, 3.05) is 13.7 Å². The number of hydrogen-bond acceptors (Lipinski definition) is 2. The predicted octanol–water partition coefficient (Wildman–Crippen LogP) is 3.51. The van der Waals surface area contributed by atoms with Crippen molar-refractivity contribution in [3.05, 3.63) is 28.8 Å². The highest BCUT2D eigenvalue weighted by molar-refractivity contribution is 6.32. The predicted molar refractivity (Wildman–Crippen MR) is 73.7 cm³/mol. The maximum atomic E-state index is 6.12. The van der Waals surface area contributed by atoms with Gasteiger partial charge in [0.2, 0.25) is 0 Å². The first kappa shape index (κ1) is 14.3. The summed E-state index contributed by atoms with van der Waals surface area (Å²) < 4.78 is 5.15. The minimum Gasteiger partial charge on any atom is -0.495 e. The van der Waals surface area contributed by atoms with E-state index >= 15 is 0 Å². The Bertz CT molecular complexity index is 352. The Morgan fingerprint density at radius 1 is 1.35 bits per heavy atom. The van der Waals surface area contributed by atoms with Gasteiger partial charge in [0.25, 0.3) is 0 Å². The van der Waals surface area contributed by atoms with Gasteiger partial charge in [0.15, 0.2) is 0 Å². The van der Waals surface area contributed by atoms with Crippen LogP contribution in [0.4, 0.5) is 0 Å². The van der Waals surface area contributed by atoms with Crippen LogP contribution in [0.3, 0.4) is 0 Å². The molecule has 0 spiro atoms. The molecule has 1 atom stereocenters.